The van der Waals surface area contributed by atoms with Gasteiger partial charge in [-0.1, -0.05) is 37.1 Å². The summed E-state index contributed by atoms with van der Waals surface area (Å²) in [5, 5.41) is 14.7. The molecule has 0 aliphatic heterocycles. The van der Waals surface area contributed by atoms with Crippen LogP contribution in [0.3, 0.4) is 0 Å². The molecule has 0 atom stereocenters. The molecule has 0 aliphatic carbocycles. The molecule has 32 heavy (non-hydrogen) atoms. The van der Waals surface area contributed by atoms with Crippen molar-refractivity contribution in [3.63, 3.8) is 0 Å². The van der Waals surface area contributed by atoms with E-state index >= 15 is 0 Å². The largest absolute Gasteiger partial charge is 0.348 e. The number of hydrogen-bond acceptors (Lipinski definition) is 4. The highest BCUT2D eigenvalue weighted by Gasteiger charge is 2.11. The second-order valence-corrected chi connectivity index (χ2v) is 7.73. The van der Waals surface area contributed by atoms with Crippen molar-refractivity contribution in [2.24, 2.45) is 0 Å². The first-order valence-electron chi connectivity index (χ1n) is 10.5. The number of nitrogens with one attached hydrogen (secondary N) is 2. The van der Waals surface area contributed by atoms with Gasteiger partial charge in [-0.05, 0) is 43.2 Å². The smallest absolute Gasteiger partial charge is 0.246 e. The van der Waals surface area contributed by atoms with E-state index in [9.17, 15) is 9.59 Å². The summed E-state index contributed by atoms with van der Waals surface area (Å²) in [6.07, 6.45) is 8.54. The van der Waals surface area contributed by atoms with Gasteiger partial charge in [0.25, 0.3) is 0 Å². The molecule has 0 aliphatic rings. The van der Waals surface area contributed by atoms with Gasteiger partial charge in [0, 0.05) is 42.8 Å². The average molecular weight is 455 g/mol. The maximum absolute atomic E-state index is 12.3. The van der Waals surface area contributed by atoms with E-state index in [0.29, 0.717) is 17.4 Å². The standard InChI is InChI=1S/C23H27ClN6O2/c1-3-4-13-30-23(24)20(17(2)28-30)9-10-21(31)25-15-18-7-5-8-19(14-18)27-22(32)16-29-12-6-11-26-29/h5-12,14H,3-4,13,15-16H2,1-2H3,(H,25,31)(H,27,32). The zero-order valence-corrected chi connectivity index (χ0v) is 19.0. The number of carbonyl (C=O) groups is 2. The highest BCUT2D eigenvalue weighted by atomic mass is 35.5. The zero-order valence-electron chi connectivity index (χ0n) is 18.2. The number of benzene rings is 1. The number of unbranched alkanes of at least 4 members (excludes halogenated alkanes) is 1. The molecule has 2 aromatic heterocycles. The number of hydrogen-bond donors (Lipinski definition) is 2. The van der Waals surface area contributed by atoms with Crippen LogP contribution >= 0.6 is 11.6 Å². The molecule has 2 N–H and O–H groups in total. The Morgan fingerprint density at radius 2 is 2.09 bits per heavy atom. The van der Waals surface area contributed by atoms with Crippen LogP contribution in [-0.4, -0.2) is 31.4 Å². The summed E-state index contributed by atoms with van der Waals surface area (Å²) >= 11 is 6.40. The van der Waals surface area contributed by atoms with Gasteiger partial charge in [-0.15, -0.1) is 0 Å². The van der Waals surface area contributed by atoms with Crippen molar-refractivity contribution in [2.45, 2.75) is 46.3 Å². The van der Waals surface area contributed by atoms with Gasteiger partial charge in [0.2, 0.25) is 11.8 Å². The van der Waals surface area contributed by atoms with E-state index in [1.54, 1.807) is 40.0 Å². The fraction of sp³-hybridized carbons (Fsp3) is 0.304. The Labute approximate surface area is 192 Å². The van der Waals surface area contributed by atoms with Gasteiger partial charge >= 0.3 is 0 Å². The van der Waals surface area contributed by atoms with E-state index in [1.807, 2.05) is 25.1 Å². The number of aromatic nitrogens is 4. The van der Waals surface area contributed by atoms with E-state index < -0.39 is 0 Å². The summed E-state index contributed by atoms with van der Waals surface area (Å²) in [7, 11) is 0. The molecule has 0 spiro atoms. The molecular formula is C23H27ClN6O2. The van der Waals surface area contributed by atoms with Gasteiger partial charge in [-0.25, -0.2) is 0 Å². The lowest BCUT2D eigenvalue weighted by molar-refractivity contribution is -0.117. The summed E-state index contributed by atoms with van der Waals surface area (Å²) in [5.41, 5.74) is 3.06. The van der Waals surface area contributed by atoms with Gasteiger partial charge in [0.05, 0.1) is 5.69 Å². The van der Waals surface area contributed by atoms with E-state index in [0.717, 1.165) is 36.2 Å². The summed E-state index contributed by atoms with van der Waals surface area (Å²) < 4.78 is 3.32. The van der Waals surface area contributed by atoms with E-state index in [-0.39, 0.29) is 18.4 Å². The predicted octanol–water partition coefficient (Wildman–Crippen LogP) is 3.81. The molecule has 8 nitrogen and oxygen atoms in total. The molecule has 9 heteroatoms. The Hall–Kier alpha value is -3.39. The monoisotopic (exact) mass is 454 g/mol. The predicted molar refractivity (Wildman–Crippen MR) is 125 cm³/mol. The summed E-state index contributed by atoms with van der Waals surface area (Å²) in [4.78, 5) is 24.4. The molecule has 0 fully saturated rings. The van der Waals surface area contributed by atoms with Crippen LogP contribution in [-0.2, 0) is 29.2 Å². The van der Waals surface area contributed by atoms with Crippen LogP contribution < -0.4 is 10.6 Å². The quantitative estimate of drug-likeness (QED) is 0.455. The molecule has 1 aromatic carbocycles. The van der Waals surface area contributed by atoms with Crippen LogP contribution in [0.1, 0.15) is 36.6 Å². The number of nitrogens with zero attached hydrogens (tertiary/aromatic N) is 4. The van der Waals surface area contributed by atoms with Crippen molar-refractivity contribution in [3.8, 4) is 0 Å². The van der Waals surface area contributed by atoms with Crippen molar-refractivity contribution >= 4 is 35.2 Å². The second-order valence-electron chi connectivity index (χ2n) is 7.37. The van der Waals surface area contributed by atoms with E-state index in [1.165, 1.54) is 6.08 Å². The minimum atomic E-state index is -0.241. The maximum atomic E-state index is 12.3. The molecule has 0 unspecified atom stereocenters. The molecule has 0 saturated heterocycles. The number of anilines is 1. The van der Waals surface area contributed by atoms with Crippen LogP contribution in [0.15, 0.2) is 48.8 Å². The lowest BCUT2D eigenvalue weighted by Crippen LogP contribution is -2.21. The van der Waals surface area contributed by atoms with Gasteiger partial charge in [-0.2, -0.15) is 10.2 Å². The maximum Gasteiger partial charge on any atom is 0.246 e. The highest BCUT2D eigenvalue weighted by molar-refractivity contribution is 6.31. The minimum absolute atomic E-state index is 0.135. The molecule has 3 rings (SSSR count). The third-order valence-electron chi connectivity index (χ3n) is 4.78. The fourth-order valence-electron chi connectivity index (χ4n) is 3.12. The Morgan fingerprint density at radius 1 is 1.25 bits per heavy atom. The molecule has 168 valence electrons. The number of amides is 2. The van der Waals surface area contributed by atoms with E-state index in [2.05, 4.69) is 27.8 Å². The van der Waals surface area contributed by atoms with Gasteiger partial charge in [-0.3, -0.25) is 19.0 Å². The third-order valence-corrected chi connectivity index (χ3v) is 5.18. The van der Waals surface area contributed by atoms with Gasteiger partial charge < -0.3 is 10.6 Å². The Morgan fingerprint density at radius 3 is 2.84 bits per heavy atom. The number of halogens is 1. The average Bonchev–Trinajstić information content (AvgIpc) is 3.37. The van der Waals surface area contributed by atoms with Crippen molar-refractivity contribution < 1.29 is 9.59 Å². The van der Waals surface area contributed by atoms with Crippen molar-refractivity contribution in [1.82, 2.24) is 24.9 Å². The van der Waals surface area contributed by atoms with Crippen LogP contribution in [0, 0.1) is 6.92 Å². The normalized spacial score (nSPS) is 11.1. The topological polar surface area (TPSA) is 93.8 Å². The van der Waals surface area contributed by atoms with Crippen molar-refractivity contribution in [1.29, 1.82) is 0 Å². The molecule has 2 heterocycles. The van der Waals surface area contributed by atoms with Gasteiger partial charge in [0.1, 0.15) is 11.7 Å². The van der Waals surface area contributed by atoms with Crippen LogP contribution in [0.25, 0.3) is 6.08 Å². The first kappa shape index (κ1) is 23.3. The number of carbonyl (C=O) groups excluding carboxylic acids is 2. The van der Waals surface area contributed by atoms with Crippen molar-refractivity contribution in [3.05, 3.63) is 70.8 Å². The van der Waals surface area contributed by atoms with Crippen LogP contribution in [0.4, 0.5) is 5.69 Å². The Kier molecular flexibility index (Phi) is 8.21. The molecule has 0 bridgehead atoms. The molecule has 0 saturated carbocycles. The van der Waals surface area contributed by atoms with Gasteiger partial charge in [0.15, 0.2) is 0 Å². The highest BCUT2D eigenvalue weighted by Crippen LogP contribution is 2.21. The SMILES string of the molecule is CCCCn1nc(C)c(C=CC(=O)NCc2cccc(NC(=O)Cn3cccn3)c2)c1Cl. The number of aryl methyl sites for hydroxylation is 2. The summed E-state index contributed by atoms with van der Waals surface area (Å²) in [6, 6.07) is 9.09. The fourth-order valence-corrected chi connectivity index (χ4v) is 3.44. The second kappa shape index (κ2) is 11.3. The van der Waals surface area contributed by atoms with Crippen LogP contribution in [0.2, 0.25) is 5.15 Å². The molecule has 0 radical (unpaired) electrons. The third kappa shape index (κ3) is 6.55. The van der Waals surface area contributed by atoms with E-state index in [4.69, 9.17) is 11.6 Å². The Bertz CT molecular complexity index is 1090. The van der Waals surface area contributed by atoms with Crippen molar-refractivity contribution in [2.75, 3.05) is 5.32 Å². The zero-order chi connectivity index (χ0) is 22.9. The molecule has 2 amide bonds. The Balaban J connectivity index is 1.53. The first-order valence-corrected chi connectivity index (χ1v) is 10.9. The lowest BCUT2D eigenvalue weighted by Gasteiger charge is -2.08. The number of rotatable bonds is 10. The van der Waals surface area contributed by atoms with Crippen LogP contribution in [0.5, 0.6) is 0 Å². The minimum Gasteiger partial charge on any atom is -0.348 e. The molecular weight excluding hydrogens is 428 g/mol. The summed E-state index contributed by atoms with van der Waals surface area (Å²) in [6.45, 7) is 5.20. The molecule has 3 aromatic rings. The first-order chi connectivity index (χ1) is 15.5. The lowest BCUT2D eigenvalue weighted by atomic mass is 10.2. The summed E-state index contributed by atoms with van der Waals surface area (Å²) in [5.74, 6) is -0.417.